The predicted octanol–water partition coefficient (Wildman–Crippen LogP) is 4.21. The van der Waals surface area contributed by atoms with Crippen molar-refractivity contribution in [1.82, 2.24) is 5.32 Å². The molecule has 0 heterocycles. The standard InChI is InChI=1S/C13H17BrFN/c1-3-5-9-12(16-4-2)10-7-6-8-11(14)13(10)15/h3,6-8,12,16H,1,4-5,9H2,2H3. The van der Waals surface area contributed by atoms with Crippen molar-refractivity contribution in [3.8, 4) is 0 Å². The molecule has 1 aromatic carbocycles. The molecule has 3 heteroatoms. The van der Waals surface area contributed by atoms with Crippen LogP contribution in [0.25, 0.3) is 0 Å². The van der Waals surface area contributed by atoms with Gasteiger partial charge < -0.3 is 5.32 Å². The second-order valence-corrected chi connectivity index (χ2v) is 4.47. The molecule has 1 aromatic rings. The first-order valence-electron chi connectivity index (χ1n) is 5.48. The van der Waals surface area contributed by atoms with E-state index in [1.807, 2.05) is 25.1 Å². The fourth-order valence-electron chi connectivity index (χ4n) is 1.69. The minimum absolute atomic E-state index is 0.0560. The highest BCUT2D eigenvalue weighted by Gasteiger charge is 2.15. The number of halogens is 2. The Kier molecular flexibility index (Phi) is 5.71. The summed E-state index contributed by atoms with van der Waals surface area (Å²) in [6.45, 7) is 6.55. The molecule has 0 bridgehead atoms. The topological polar surface area (TPSA) is 12.0 Å². The van der Waals surface area contributed by atoms with E-state index in [0.29, 0.717) is 4.47 Å². The van der Waals surface area contributed by atoms with Gasteiger partial charge in [-0.3, -0.25) is 0 Å². The number of rotatable bonds is 6. The van der Waals surface area contributed by atoms with E-state index in [1.165, 1.54) is 0 Å². The van der Waals surface area contributed by atoms with E-state index in [9.17, 15) is 4.39 Å². The summed E-state index contributed by atoms with van der Waals surface area (Å²) in [5, 5.41) is 3.29. The molecule has 0 aromatic heterocycles. The number of allylic oxidation sites excluding steroid dienone is 1. The summed E-state index contributed by atoms with van der Waals surface area (Å²) in [6.07, 6.45) is 3.61. The van der Waals surface area contributed by atoms with Gasteiger partial charge in [0.1, 0.15) is 5.82 Å². The van der Waals surface area contributed by atoms with Crippen LogP contribution in [0.4, 0.5) is 4.39 Å². The van der Waals surface area contributed by atoms with Gasteiger partial charge in [0.15, 0.2) is 0 Å². The van der Waals surface area contributed by atoms with Gasteiger partial charge >= 0.3 is 0 Å². The monoisotopic (exact) mass is 285 g/mol. The molecule has 1 unspecified atom stereocenters. The van der Waals surface area contributed by atoms with E-state index in [-0.39, 0.29) is 11.9 Å². The van der Waals surface area contributed by atoms with Crippen molar-refractivity contribution in [2.75, 3.05) is 6.54 Å². The Morgan fingerprint density at radius 1 is 1.56 bits per heavy atom. The molecule has 1 nitrogen and oxygen atoms in total. The van der Waals surface area contributed by atoms with E-state index < -0.39 is 0 Å². The first kappa shape index (κ1) is 13.4. The van der Waals surface area contributed by atoms with Gasteiger partial charge in [0.2, 0.25) is 0 Å². The van der Waals surface area contributed by atoms with Gasteiger partial charge in [0.05, 0.1) is 4.47 Å². The summed E-state index contributed by atoms with van der Waals surface area (Å²) in [4.78, 5) is 0. The summed E-state index contributed by atoms with van der Waals surface area (Å²) in [5.74, 6) is -0.169. The van der Waals surface area contributed by atoms with E-state index >= 15 is 0 Å². The van der Waals surface area contributed by atoms with Gasteiger partial charge in [-0.2, -0.15) is 0 Å². The first-order chi connectivity index (χ1) is 7.70. The first-order valence-corrected chi connectivity index (χ1v) is 6.28. The fourth-order valence-corrected chi connectivity index (χ4v) is 2.07. The number of nitrogens with one attached hydrogen (secondary N) is 1. The van der Waals surface area contributed by atoms with Crippen LogP contribution in [-0.2, 0) is 0 Å². The predicted molar refractivity (Wildman–Crippen MR) is 69.9 cm³/mol. The van der Waals surface area contributed by atoms with Crippen LogP contribution in [0.2, 0.25) is 0 Å². The molecule has 0 saturated carbocycles. The Morgan fingerprint density at radius 2 is 2.31 bits per heavy atom. The Hall–Kier alpha value is -0.670. The molecular formula is C13H17BrFN. The smallest absolute Gasteiger partial charge is 0.142 e. The zero-order chi connectivity index (χ0) is 12.0. The second-order valence-electron chi connectivity index (χ2n) is 3.62. The average Bonchev–Trinajstić information content (AvgIpc) is 2.28. The Bertz CT molecular complexity index is 352. The summed E-state index contributed by atoms with van der Waals surface area (Å²) in [5.41, 5.74) is 0.720. The lowest BCUT2D eigenvalue weighted by Gasteiger charge is -2.18. The summed E-state index contributed by atoms with van der Waals surface area (Å²) in [6, 6.07) is 5.47. The molecule has 1 rings (SSSR count). The third kappa shape index (κ3) is 3.42. The highest BCUT2D eigenvalue weighted by molar-refractivity contribution is 9.10. The van der Waals surface area contributed by atoms with Crippen molar-refractivity contribution in [2.24, 2.45) is 0 Å². The molecule has 0 aliphatic rings. The maximum absolute atomic E-state index is 13.9. The fraction of sp³-hybridized carbons (Fsp3) is 0.385. The molecule has 0 fully saturated rings. The van der Waals surface area contributed by atoms with Crippen molar-refractivity contribution < 1.29 is 4.39 Å². The van der Waals surface area contributed by atoms with Crippen LogP contribution < -0.4 is 5.32 Å². The lowest BCUT2D eigenvalue weighted by atomic mass is 10.0. The normalized spacial score (nSPS) is 12.4. The van der Waals surface area contributed by atoms with Gasteiger partial charge in [-0.15, -0.1) is 6.58 Å². The average molecular weight is 286 g/mol. The quantitative estimate of drug-likeness (QED) is 0.773. The van der Waals surface area contributed by atoms with Gasteiger partial charge in [0.25, 0.3) is 0 Å². The zero-order valence-corrected chi connectivity index (χ0v) is 11.1. The molecule has 88 valence electrons. The molecule has 0 spiro atoms. The summed E-state index contributed by atoms with van der Waals surface area (Å²) < 4.78 is 14.4. The van der Waals surface area contributed by atoms with E-state index in [0.717, 1.165) is 24.9 Å². The summed E-state index contributed by atoms with van der Waals surface area (Å²) >= 11 is 3.21. The maximum Gasteiger partial charge on any atom is 0.142 e. The Morgan fingerprint density at radius 3 is 2.94 bits per heavy atom. The number of hydrogen-bond donors (Lipinski definition) is 1. The van der Waals surface area contributed by atoms with Crippen molar-refractivity contribution >= 4 is 15.9 Å². The van der Waals surface area contributed by atoms with E-state index in [1.54, 1.807) is 6.07 Å². The van der Waals surface area contributed by atoms with Crippen LogP contribution >= 0.6 is 15.9 Å². The molecule has 0 aliphatic carbocycles. The van der Waals surface area contributed by atoms with E-state index in [4.69, 9.17) is 0 Å². The molecule has 1 atom stereocenters. The largest absolute Gasteiger partial charge is 0.310 e. The van der Waals surface area contributed by atoms with Gasteiger partial charge in [-0.1, -0.05) is 25.1 Å². The third-order valence-corrected chi connectivity index (χ3v) is 3.08. The minimum atomic E-state index is -0.169. The van der Waals surface area contributed by atoms with Crippen molar-refractivity contribution in [1.29, 1.82) is 0 Å². The van der Waals surface area contributed by atoms with Gasteiger partial charge in [-0.05, 0) is 41.4 Å². The van der Waals surface area contributed by atoms with Crippen LogP contribution in [-0.4, -0.2) is 6.54 Å². The van der Waals surface area contributed by atoms with Crippen molar-refractivity contribution in [2.45, 2.75) is 25.8 Å². The molecule has 0 aliphatic heterocycles. The minimum Gasteiger partial charge on any atom is -0.310 e. The Labute approximate surface area is 105 Å². The Balaban J connectivity index is 2.90. The third-order valence-electron chi connectivity index (χ3n) is 2.47. The highest BCUT2D eigenvalue weighted by atomic mass is 79.9. The van der Waals surface area contributed by atoms with Crippen LogP contribution in [0.3, 0.4) is 0 Å². The van der Waals surface area contributed by atoms with Gasteiger partial charge in [0, 0.05) is 11.6 Å². The highest BCUT2D eigenvalue weighted by Crippen LogP contribution is 2.26. The molecule has 0 amide bonds. The van der Waals surface area contributed by atoms with Crippen molar-refractivity contribution in [3.63, 3.8) is 0 Å². The van der Waals surface area contributed by atoms with Crippen molar-refractivity contribution in [3.05, 3.63) is 46.7 Å². The van der Waals surface area contributed by atoms with E-state index in [2.05, 4.69) is 27.8 Å². The number of hydrogen-bond acceptors (Lipinski definition) is 1. The molecular weight excluding hydrogens is 269 g/mol. The van der Waals surface area contributed by atoms with Crippen LogP contribution in [0.5, 0.6) is 0 Å². The molecule has 0 radical (unpaired) electrons. The lowest BCUT2D eigenvalue weighted by molar-refractivity contribution is 0.486. The SMILES string of the molecule is C=CCCC(NCC)c1cccc(Br)c1F. The maximum atomic E-state index is 13.9. The zero-order valence-electron chi connectivity index (χ0n) is 9.47. The molecule has 16 heavy (non-hydrogen) atoms. The second kappa shape index (κ2) is 6.81. The molecule has 0 saturated heterocycles. The van der Waals surface area contributed by atoms with Crippen LogP contribution in [0.15, 0.2) is 35.3 Å². The van der Waals surface area contributed by atoms with Crippen LogP contribution in [0.1, 0.15) is 31.4 Å². The molecule has 1 N–H and O–H groups in total. The lowest BCUT2D eigenvalue weighted by Crippen LogP contribution is -2.21. The van der Waals surface area contributed by atoms with Gasteiger partial charge in [-0.25, -0.2) is 4.39 Å². The van der Waals surface area contributed by atoms with Crippen LogP contribution in [0, 0.1) is 5.82 Å². The number of benzene rings is 1. The summed E-state index contributed by atoms with van der Waals surface area (Å²) in [7, 11) is 0.